The van der Waals surface area contributed by atoms with E-state index >= 15 is 0 Å². The Kier molecular flexibility index (Phi) is 3.16. The Labute approximate surface area is 96.6 Å². The molecule has 1 N–H and O–H groups in total. The standard InChI is InChI=1S/C11H10N2O2S/c1-8-7-11(15-13-8)12-5-4-9(14)10-3-2-6-16-10/h2-7,12H,1H3/b5-4-. The van der Waals surface area contributed by atoms with E-state index in [-0.39, 0.29) is 5.78 Å². The molecule has 2 aromatic heterocycles. The molecule has 5 heteroatoms. The van der Waals surface area contributed by atoms with Gasteiger partial charge in [0.2, 0.25) is 5.88 Å². The van der Waals surface area contributed by atoms with Crippen LogP contribution in [-0.2, 0) is 0 Å². The van der Waals surface area contributed by atoms with Gasteiger partial charge in [0, 0.05) is 18.3 Å². The van der Waals surface area contributed by atoms with Crippen molar-refractivity contribution in [3.05, 3.63) is 46.4 Å². The predicted octanol–water partition coefficient (Wildman–Crippen LogP) is 2.85. The zero-order valence-electron chi connectivity index (χ0n) is 8.64. The summed E-state index contributed by atoms with van der Waals surface area (Å²) in [5.41, 5.74) is 0.792. The molecule has 2 rings (SSSR count). The van der Waals surface area contributed by atoms with Crippen molar-refractivity contribution in [1.82, 2.24) is 5.16 Å². The summed E-state index contributed by atoms with van der Waals surface area (Å²) in [7, 11) is 0. The van der Waals surface area contributed by atoms with E-state index in [2.05, 4.69) is 10.5 Å². The molecule has 2 aromatic rings. The highest BCUT2D eigenvalue weighted by atomic mass is 32.1. The number of nitrogens with zero attached hydrogens (tertiary/aromatic N) is 1. The number of thiophene rings is 1. The molecule has 0 saturated heterocycles. The molecule has 4 nitrogen and oxygen atoms in total. The van der Waals surface area contributed by atoms with Crippen molar-refractivity contribution in [3.8, 4) is 0 Å². The average molecular weight is 234 g/mol. The molecule has 0 atom stereocenters. The Morgan fingerprint density at radius 3 is 3.12 bits per heavy atom. The number of aromatic nitrogens is 1. The zero-order valence-corrected chi connectivity index (χ0v) is 9.45. The molecule has 82 valence electrons. The summed E-state index contributed by atoms with van der Waals surface area (Å²) in [6, 6.07) is 5.38. The minimum Gasteiger partial charge on any atom is -0.338 e. The van der Waals surface area contributed by atoms with Crippen LogP contribution in [-0.4, -0.2) is 10.9 Å². The first kappa shape index (κ1) is 10.6. The van der Waals surface area contributed by atoms with Gasteiger partial charge in [-0.1, -0.05) is 11.2 Å². The summed E-state index contributed by atoms with van der Waals surface area (Å²) in [5, 5.41) is 8.41. The van der Waals surface area contributed by atoms with Gasteiger partial charge in [0.15, 0.2) is 5.78 Å². The molecule has 0 amide bonds. The number of rotatable bonds is 4. The predicted molar refractivity (Wildman–Crippen MR) is 62.7 cm³/mol. The maximum absolute atomic E-state index is 11.5. The van der Waals surface area contributed by atoms with E-state index < -0.39 is 0 Å². The quantitative estimate of drug-likeness (QED) is 0.652. The zero-order chi connectivity index (χ0) is 11.4. The normalized spacial score (nSPS) is 10.8. The van der Waals surface area contributed by atoms with Crippen molar-refractivity contribution in [2.24, 2.45) is 0 Å². The molecule has 0 bridgehead atoms. The highest BCUT2D eigenvalue weighted by Crippen LogP contribution is 2.11. The van der Waals surface area contributed by atoms with Crippen LogP contribution in [0.15, 0.2) is 40.4 Å². The second-order valence-corrected chi connectivity index (χ2v) is 4.10. The third kappa shape index (κ3) is 2.58. The number of hydrogen-bond acceptors (Lipinski definition) is 5. The maximum Gasteiger partial charge on any atom is 0.228 e. The first-order valence-corrected chi connectivity index (χ1v) is 5.58. The molecule has 2 heterocycles. The van der Waals surface area contributed by atoms with E-state index in [0.717, 1.165) is 5.69 Å². The number of hydrogen-bond donors (Lipinski definition) is 1. The third-order valence-corrected chi connectivity index (χ3v) is 2.74. The van der Waals surface area contributed by atoms with Crippen LogP contribution in [0.4, 0.5) is 5.88 Å². The van der Waals surface area contributed by atoms with Crippen LogP contribution in [0.25, 0.3) is 0 Å². The van der Waals surface area contributed by atoms with E-state index in [0.29, 0.717) is 10.8 Å². The monoisotopic (exact) mass is 234 g/mol. The van der Waals surface area contributed by atoms with Gasteiger partial charge in [0.1, 0.15) is 0 Å². The summed E-state index contributed by atoms with van der Waals surface area (Å²) in [6.45, 7) is 1.83. The van der Waals surface area contributed by atoms with Crippen molar-refractivity contribution in [2.45, 2.75) is 6.92 Å². The highest BCUT2D eigenvalue weighted by Gasteiger charge is 2.01. The first-order chi connectivity index (χ1) is 7.75. The lowest BCUT2D eigenvalue weighted by atomic mass is 10.3. The van der Waals surface area contributed by atoms with Crippen LogP contribution in [0, 0.1) is 6.92 Å². The van der Waals surface area contributed by atoms with Crippen molar-refractivity contribution in [2.75, 3.05) is 5.32 Å². The lowest BCUT2D eigenvalue weighted by Gasteiger charge is -1.91. The number of anilines is 1. The Hall–Kier alpha value is -1.88. The van der Waals surface area contributed by atoms with Gasteiger partial charge in [-0.3, -0.25) is 4.79 Å². The van der Waals surface area contributed by atoms with Gasteiger partial charge < -0.3 is 9.84 Å². The van der Waals surface area contributed by atoms with Crippen LogP contribution in [0.3, 0.4) is 0 Å². The fourth-order valence-electron chi connectivity index (χ4n) is 1.13. The molecular formula is C11H10N2O2S. The van der Waals surface area contributed by atoms with Gasteiger partial charge >= 0.3 is 0 Å². The van der Waals surface area contributed by atoms with Gasteiger partial charge in [0.05, 0.1) is 10.6 Å². The van der Waals surface area contributed by atoms with Crippen molar-refractivity contribution >= 4 is 23.0 Å². The van der Waals surface area contributed by atoms with Crippen LogP contribution in [0.2, 0.25) is 0 Å². The maximum atomic E-state index is 11.5. The van der Waals surface area contributed by atoms with Crippen molar-refractivity contribution < 1.29 is 9.32 Å². The minimum atomic E-state index is -0.0289. The summed E-state index contributed by atoms with van der Waals surface area (Å²) >= 11 is 1.42. The van der Waals surface area contributed by atoms with Crippen molar-refractivity contribution in [3.63, 3.8) is 0 Å². The summed E-state index contributed by atoms with van der Waals surface area (Å²) < 4.78 is 4.92. The number of aryl methyl sites for hydroxylation is 1. The van der Waals surface area contributed by atoms with Crippen LogP contribution in [0.5, 0.6) is 0 Å². The van der Waals surface area contributed by atoms with Gasteiger partial charge in [-0.05, 0) is 18.4 Å². The summed E-state index contributed by atoms with van der Waals surface area (Å²) in [5.74, 6) is 0.492. The lowest BCUT2D eigenvalue weighted by Crippen LogP contribution is -1.92. The first-order valence-electron chi connectivity index (χ1n) is 4.70. The second kappa shape index (κ2) is 4.76. The molecule has 0 aliphatic rings. The number of allylic oxidation sites excluding steroid dienone is 1. The second-order valence-electron chi connectivity index (χ2n) is 3.15. The fraction of sp³-hybridized carbons (Fsp3) is 0.0909. The Morgan fingerprint density at radius 2 is 2.50 bits per heavy atom. The van der Waals surface area contributed by atoms with E-state index in [9.17, 15) is 4.79 Å². The minimum absolute atomic E-state index is 0.0289. The van der Waals surface area contributed by atoms with E-state index in [4.69, 9.17) is 4.52 Å². The lowest BCUT2D eigenvalue weighted by molar-refractivity contribution is 0.105. The highest BCUT2D eigenvalue weighted by molar-refractivity contribution is 7.12. The van der Waals surface area contributed by atoms with Crippen LogP contribution < -0.4 is 5.32 Å². The number of carbonyl (C=O) groups is 1. The molecule has 0 radical (unpaired) electrons. The fourth-order valence-corrected chi connectivity index (χ4v) is 1.78. The number of nitrogens with one attached hydrogen (secondary N) is 1. The topological polar surface area (TPSA) is 55.1 Å². The molecule has 0 fully saturated rings. The Bertz CT molecular complexity index is 500. The molecule has 0 unspecified atom stereocenters. The van der Waals surface area contributed by atoms with Gasteiger partial charge in [-0.25, -0.2) is 0 Å². The molecule has 0 saturated carbocycles. The SMILES string of the molecule is Cc1cc(N/C=C\C(=O)c2cccs2)on1. The molecule has 0 aliphatic heterocycles. The van der Waals surface area contributed by atoms with Crippen LogP contribution in [0.1, 0.15) is 15.4 Å². The number of ketones is 1. The van der Waals surface area contributed by atoms with Gasteiger partial charge in [-0.2, -0.15) is 0 Å². The van der Waals surface area contributed by atoms with E-state index in [1.807, 2.05) is 18.4 Å². The van der Waals surface area contributed by atoms with Crippen LogP contribution >= 0.6 is 11.3 Å². The van der Waals surface area contributed by atoms with Crippen molar-refractivity contribution in [1.29, 1.82) is 0 Å². The molecule has 0 aromatic carbocycles. The van der Waals surface area contributed by atoms with Gasteiger partial charge in [0.25, 0.3) is 0 Å². The third-order valence-electron chi connectivity index (χ3n) is 1.85. The number of carbonyl (C=O) groups excluding carboxylic acids is 1. The van der Waals surface area contributed by atoms with E-state index in [1.54, 1.807) is 18.3 Å². The van der Waals surface area contributed by atoms with E-state index in [1.165, 1.54) is 17.4 Å². The smallest absolute Gasteiger partial charge is 0.228 e. The summed E-state index contributed by atoms with van der Waals surface area (Å²) in [6.07, 6.45) is 3.01. The Balaban J connectivity index is 1.93. The molecule has 16 heavy (non-hydrogen) atoms. The largest absolute Gasteiger partial charge is 0.338 e. The summed E-state index contributed by atoms with van der Waals surface area (Å²) in [4.78, 5) is 12.3. The molecule has 0 aliphatic carbocycles. The molecule has 0 spiro atoms. The molecular weight excluding hydrogens is 224 g/mol. The average Bonchev–Trinajstić information content (AvgIpc) is 2.89. The Morgan fingerprint density at radius 1 is 1.62 bits per heavy atom. The van der Waals surface area contributed by atoms with Gasteiger partial charge in [-0.15, -0.1) is 11.3 Å².